The minimum atomic E-state index is -1.25. The van der Waals surface area contributed by atoms with Crippen LogP contribution in [0.25, 0.3) is 0 Å². The minimum Gasteiger partial charge on any atom is -0.466 e. The third kappa shape index (κ3) is 5.26. The number of benzene rings is 1. The molecule has 0 fully saturated rings. The summed E-state index contributed by atoms with van der Waals surface area (Å²) in [6.07, 6.45) is 0.601. The number of hydrogen-bond donors (Lipinski definition) is 2. The van der Waals surface area contributed by atoms with Gasteiger partial charge in [0.05, 0.1) is 37.0 Å². The average Bonchev–Trinajstić information content (AvgIpc) is 2.71. The van der Waals surface area contributed by atoms with Crippen molar-refractivity contribution in [2.75, 3.05) is 32.3 Å². The zero-order valence-electron chi connectivity index (χ0n) is 16.6. The van der Waals surface area contributed by atoms with Crippen LogP contribution < -0.4 is 11.1 Å². The van der Waals surface area contributed by atoms with Crippen molar-refractivity contribution in [2.45, 2.75) is 19.3 Å². The van der Waals surface area contributed by atoms with Gasteiger partial charge in [0.15, 0.2) is 0 Å². The summed E-state index contributed by atoms with van der Waals surface area (Å²) in [6.45, 7) is 2.13. The second kappa shape index (κ2) is 10.6. The van der Waals surface area contributed by atoms with E-state index in [-0.39, 0.29) is 16.9 Å². The Kier molecular flexibility index (Phi) is 8.43. The van der Waals surface area contributed by atoms with Crippen LogP contribution in [-0.4, -0.2) is 48.4 Å². The molecule has 0 aliphatic carbocycles. The van der Waals surface area contributed by atoms with Crippen LogP contribution >= 0.6 is 11.6 Å². The molecule has 9 heteroatoms. The largest absolute Gasteiger partial charge is 0.466 e. The van der Waals surface area contributed by atoms with Gasteiger partial charge in [-0.05, 0) is 31.5 Å². The van der Waals surface area contributed by atoms with Crippen molar-refractivity contribution >= 4 is 34.3 Å². The first kappa shape index (κ1) is 23.1. The molecular weight excluding hydrogens is 416 g/mol. The first-order chi connectivity index (χ1) is 13.8. The molecule has 29 heavy (non-hydrogen) atoms. The van der Waals surface area contributed by atoms with Gasteiger partial charge in [-0.2, -0.15) is 0 Å². The number of ether oxygens (including phenoxy) is 2. The van der Waals surface area contributed by atoms with Gasteiger partial charge in [0.1, 0.15) is 0 Å². The third-order valence-electron chi connectivity index (χ3n) is 4.55. The van der Waals surface area contributed by atoms with Crippen molar-refractivity contribution in [3.63, 3.8) is 0 Å². The SMILES string of the molecule is COC(=O)C1=C(C)NC(CS(=O)CCCN)=C(C(=O)OC)C1c1ccccc1Cl. The van der Waals surface area contributed by atoms with E-state index in [4.69, 9.17) is 26.8 Å². The van der Waals surface area contributed by atoms with E-state index in [1.54, 1.807) is 31.2 Å². The number of methoxy groups -OCH3 is 2. The van der Waals surface area contributed by atoms with Crippen LogP contribution in [0.15, 0.2) is 46.8 Å². The molecule has 0 spiro atoms. The predicted molar refractivity (Wildman–Crippen MR) is 113 cm³/mol. The summed E-state index contributed by atoms with van der Waals surface area (Å²) in [4.78, 5) is 25.4. The Balaban J connectivity index is 2.67. The number of nitrogens with two attached hydrogens (primary N) is 1. The Morgan fingerprint density at radius 3 is 2.38 bits per heavy atom. The maximum Gasteiger partial charge on any atom is 0.336 e. The van der Waals surface area contributed by atoms with Crippen molar-refractivity contribution in [1.29, 1.82) is 0 Å². The molecule has 7 nitrogen and oxygen atoms in total. The van der Waals surface area contributed by atoms with Crippen LogP contribution in [0.5, 0.6) is 0 Å². The normalized spacial score (nSPS) is 17.6. The van der Waals surface area contributed by atoms with E-state index >= 15 is 0 Å². The zero-order chi connectivity index (χ0) is 21.6. The summed E-state index contributed by atoms with van der Waals surface area (Å²) in [5.41, 5.74) is 7.43. The van der Waals surface area contributed by atoms with Gasteiger partial charge < -0.3 is 20.5 Å². The summed E-state index contributed by atoms with van der Waals surface area (Å²) in [7, 11) is 1.27. The molecule has 2 atom stereocenters. The Bertz CT molecular complexity index is 881. The number of nitrogens with one attached hydrogen (secondary N) is 1. The Labute approximate surface area is 177 Å². The van der Waals surface area contributed by atoms with E-state index in [1.807, 2.05) is 0 Å². The first-order valence-electron chi connectivity index (χ1n) is 9.02. The van der Waals surface area contributed by atoms with Gasteiger partial charge in [-0.3, -0.25) is 4.21 Å². The van der Waals surface area contributed by atoms with Gasteiger partial charge in [0.25, 0.3) is 0 Å². The number of esters is 2. The van der Waals surface area contributed by atoms with Gasteiger partial charge in [-0.1, -0.05) is 29.8 Å². The van der Waals surface area contributed by atoms with Crippen LogP contribution in [0.2, 0.25) is 5.02 Å². The van der Waals surface area contributed by atoms with E-state index in [2.05, 4.69) is 5.32 Å². The maximum absolute atomic E-state index is 12.8. The van der Waals surface area contributed by atoms with Crippen molar-refractivity contribution in [1.82, 2.24) is 5.32 Å². The fraction of sp³-hybridized carbons (Fsp3) is 0.400. The van der Waals surface area contributed by atoms with E-state index < -0.39 is 28.7 Å². The monoisotopic (exact) mass is 440 g/mol. The van der Waals surface area contributed by atoms with E-state index in [0.717, 1.165) is 0 Å². The fourth-order valence-electron chi connectivity index (χ4n) is 3.24. The molecule has 0 bridgehead atoms. The standard InChI is InChI=1S/C20H25ClN2O5S/c1-12-16(19(24)27-2)17(13-7-4-5-8-14(13)21)18(20(25)28-3)15(23-12)11-29(26)10-6-9-22/h4-5,7-8,17,23H,6,9-11,22H2,1-3H3. The summed E-state index contributed by atoms with van der Waals surface area (Å²) in [5, 5.41) is 3.45. The number of dihydropyridines is 1. The molecule has 0 amide bonds. The second-order valence-electron chi connectivity index (χ2n) is 6.42. The molecular formula is C20H25ClN2O5S. The molecule has 1 aromatic carbocycles. The third-order valence-corrected chi connectivity index (χ3v) is 6.25. The summed E-state index contributed by atoms with van der Waals surface area (Å²) in [6, 6.07) is 6.94. The molecule has 1 aliphatic heterocycles. The van der Waals surface area contributed by atoms with E-state index in [0.29, 0.717) is 40.7 Å². The molecule has 1 heterocycles. The summed E-state index contributed by atoms with van der Waals surface area (Å²) >= 11 is 6.41. The lowest BCUT2D eigenvalue weighted by molar-refractivity contribution is -0.137. The highest BCUT2D eigenvalue weighted by atomic mass is 35.5. The quantitative estimate of drug-likeness (QED) is 0.595. The highest BCUT2D eigenvalue weighted by molar-refractivity contribution is 7.85. The fourth-order valence-corrected chi connectivity index (χ4v) is 4.67. The van der Waals surface area contributed by atoms with E-state index in [1.165, 1.54) is 14.2 Å². The number of halogens is 1. The lowest BCUT2D eigenvalue weighted by Crippen LogP contribution is -2.35. The molecule has 1 aromatic rings. The average molecular weight is 441 g/mol. The number of carbonyl (C=O) groups is 2. The molecule has 0 radical (unpaired) electrons. The van der Waals surface area contributed by atoms with Crippen LogP contribution in [0.1, 0.15) is 24.8 Å². The minimum absolute atomic E-state index is 0.0944. The topological polar surface area (TPSA) is 108 Å². The Hall–Kier alpha value is -2.16. The number of allylic oxidation sites excluding steroid dienone is 1. The molecule has 0 aromatic heterocycles. The molecule has 2 rings (SSSR count). The number of hydrogen-bond acceptors (Lipinski definition) is 7. The van der Waals surface area contributed by atoms with Crippen LogP contribution in [0, 0.1) is 0 Å². The zero-order valence-corrected chi connectivity index (χ0v) is 18.2. The van der Waals surface area contributed by atoms with Crippen molar-refractivity contribution in [2.24, 2.45) is 5.73 Å². The number of carbonyl (C=O) groups excluding carboxylic acids is 2. The lowest BCUT2D eigenvalue weighted by atomic mass is 9.80. The predicted octanol–water partition coefficient (Wildman–Crippen LogP) is 2.00. The van der Waals surface area contributed by atoms with Gasteiger partial charge in [-0.15, -0.1) is 0 Å². The second-order valence-corrected chi connectivity index (χ2v) is 8.41. The van der Waals surface area contributed by atoms with Crippen LogP contribution in [0.4, 0.5) is 0 Å². The van der Waals surface area contributed by atoms with Gasteiger partial charge in [0.2, 0.25) is 0 Å². The molecule has 0 saturated carbocycles. The highest BCUT2D eigenvalue weighted by Crippen LogP contribution is 2.41. The first-order valence-corrected chi connectivity index (χ1v) is 10.9. The molecule has 158 valence electrons. The summed E-state index contributed by atoms with van der Waals surface area (Å²) in [5.74, 6) is -1.55. The molecule has 3 N–H and O–H groups in total. The number of rotatable bonds is 8. The van der Waals surface area contributed by atoms with Crippen molar-refractivity contribution < 1.29 is 23.3 Å². The maximum atomic E-state index is 12.8. The van der Waals surface area contributed by atoms with Crippen molar-refractivity contribution in [3.8, 4) is 0 Å². The lowest BCUT2D eigenvalue weighted by Gasteiger charge is -2.31. The summed E-state index contributed by atoms with van der Waals surface area (Å²) < 4.78 is 22.5. The van der Waals surface area contributed by atoms with Gasteiger partial charge in [-0.25, -0.2) is 9.59 Å². The molecule has 2 unspecified atom stereocenters. The Morgan fingerprint density at radius 2 is 1.79 bits per heavy atom. The molecule has 1 aliphatic rings. The molecule has 0 saturated heterocycles. The smallest absolute Gasteiger partial charge is 0.336 e. The van der Waals surface area contributed by atoms with E-state index in [9.17, 15) is 13.8 Å². The highest BCUT2D eigenvalue weighted by Gasteiger charge is 2.39. The van der Waals surface area contributed by atoms with Gasteiger partial charge >= 0.3 is 11.9 Å². The Morgan fingerprint density at radius 1 is 1.17 bits per heavy atom. The van der Waals surface area contributed by atoms with Crippen molar-refractivity contribution in [3.05, 3.63) is 57.4 Å². The van der Waals surface area contributed by atoms with Crippen LogP contribution in [-0.2, 0) is 29.9 Å². The van der Waals surface area contributed by atoms with Gasteiger partial charge in [0, 0.05) is 33.0 Å². The van der Waals surface area contributed by atoms with Crippen LogP contribution in [0.3, 0.4) is 0 Å².